The molecule has 9 heteroatoms. The molecule has 0 aliphatic carbocycles. The van der Waals surface area contributed by atoms with Crippen molar-refractivity contribution >= 4 is 0 Å². The van der Waals surface area contributed by atoms with Crippen LogP contribution in [0.5, 0.6) is 0 Å². The lowest BCUT2D eigenvalue weighted by Crippen LogP contribution is -2.44. The summed E-state index contributed by atoms with van der Waals surface area (Å²) in [6.45, 7) is 0.283. The van der Waals surface area contributed by atoms with Gasteiger partial charge in [-0.15, -0.1) is 0 Å². The number of H-pyrrole nitrogens is 1. The first-order chi connectivity index (χ1) is 8.78. The number of nitrogens with zero attached hydrogens (tertiary/aromatic N) is 1. The molecule has 1 aliphatic heterocycles. The number of aromatic nitrogens is 2. The highest BCUT2D eigenvalue weighted by molar-refractivity contribution is 5.01. The third kappa shape index (κ3) is 2.09. The van der Waals surface area contributed by atoms with Gasteiger partial charge in [-0.1, -0.05) is 0 Å². The predicted octanol–water partition coefficient (Wildman–Crippen LogP) is -1.35. The van der Waals surface area contributed by atoms with Crippen molar-refractivity contribution in [3.05, 3.63) is 32.9 Å². The van der Waals surface area contributed by atoms with Gasteiger partial charge >= 0.3 is 5.69 Å². The van der Waals surface area contributed by atoms with E-state index < -0.39 is 47.8 Å². The van der Waals surface area contributed by atoms with Crippen molar-refractivity contribution in [1.82, 2.24) is 9.55 Å². The smallest absolute Gasteiger partial charge is 0.330 e. The molecule has 0 amide bonds. The SMILES string of the molecule is C[C@]1(F)[C@H](O)[C@@H](CO)O[C@H]1n1cc(F)c(=O)[nH]c1=O. The summed E-state index contributed by atoms with van der Waals surface area (Å²) >= 11 is 0. The van der Waals surface area contributed by atoms with E-state index in [1.807, 2.05) is 0 Å². The van der Waals surface area contributed by atoms with Gasteiger partial charge in [0.1, 0.15) is 12.2 Å². The Kier molecular flexibility index (Phi) is 3.29. The number of aliphatic hydroxyl groups excluding tert-OH is 2. The van der Waals surface area contributed by atoms with E-state index in [4.69, 9.17) is 9.84 Å². The molecule has 0 saturated carbocycles. The van der Waals surface area contributed by atoms with Crippen LogP contribution in [0, 0.1) is 5.82 Å². The quantitative estimate of drug-likeness (QED) is 0.620. The first-order valence-electron chi connectivity index (χ1n) is 5.43. The van der Waals surface area contributed by atoms with Gasteiger partial charge in [-0.3, -0.25) is 14.3 Å². The molecule has 7 nitrogen and oxygen atoms in total. The van der Waals surface area contributed by atoms with Crippen molar-refractivity contribution in [3.8, 4) is 0 Å². The molecule has 0 unspecified atom stereocenters. The fourth-order valence-electron chi connectivity index (χ4n) is 2.00. The molecule has 0 aromatic carbocycles. The number of hydrogen-bond acceptors (Lipinski definition) is 5. The molecule has 3 N–H and O–H groups in total. The highest BCUT2D eigenvalue weighted by Gasteiger charge is 2.55. The second-order valence-electron chi connectivity index (χ2n) is 4.45. The van der Waals surface area contributed by atoms with Crippen LogP contribution in [0.2, 0.25) is 0 Å². The van der Waals surface area contributed by atoms with Crippen molar-refractivity contribution < 1.29 is 23.7 Å². The number of rotatable bonds is 2. The standard InChI is InChI=1S/C10H12F2N2O5/c1-10(12)6(16)5(3-15)19-8(10)14-2-4(11)7(17)13-9(14)18/h2,5-6,8,15-16H,3H2,1H3,(H,13,17,18)/t5-,6-,8-,10+/m1/s1. The summed E-state index contributed by atoms with van der Waals surface area (Å²) in [6, 6.07) is 0. The summed E-state index contributed by atoms with van der Waals surface area (Å²) in [5.41, 5.74) is -4.74. The van der Waals surface area contributed by atoms with Crippen LogP contribution in [-0.4, -0.2) is 44.2 Å². The van der Waals surface area contributed by atoms with Gasteiger partial charge in [0.05, 0.1) is 12.8 Å². The van der Waals surface area contributed by atoms with Crippen LogP contribution in [-0.2, 0) is 4.74 Å². The number of nitrogens with one attached hydrogen (secondary N) is 1. The lowest BCUT2D eigenvalue weighted by molar-refractivity contribution is -0.0616. The average molecular weight is 278 g/mol. The molecule has 19 heavy (non-hydrogen) atoms. The van der Waals surface area contributed by atoms with E-state index in [9.17, 15) is 23.5 Å². The van der Waals surface area contributed by atoms with Gasteiger partial charge in [0.15, 0.2) is 11.9 Å². The van der Waals surface area contributed by atoms with E-state index in [-0.39, 0.29) is 0 Å². The molecule has 1 saturated heterocycles. The largest absolute Gasteiger partial charge is 0.394 e. The normalized spacial score (nSPS) is 34.7. The molecule has 1 aliphatic rings. The third-order valence-corrected chi connectivity index (χ3v) is 3.07. The molecule has 1 aromatic heterocycles. The van der Waals surface area contributed by atoms with Gasteiger partial charge < -0.3 is 14.9 Å². The van der Waals surface area contributed by atoms with Crippen molar-refractivity contribution in [2.75, 3.05) is 6.61 Å². The number of ether oxygens (including phenoxy) is 1. The van der Waals surface area contributed by atoms with Crippen molar-refractivity contribution in [2.45, 2.75) is 31.0 Å². The second-order valence-corrected chi connectivity index (χ2v) is 4.45. The molecule has 0 bridgehead atoms. The van der Waals surface area contributed by atoms with Gasteiger partial charge in [-0.05, 0) is 6.92 Å². The van der Waals surface area contributed by atoms with Crippen LogP contribution in [0.15, 0.2) is 15.8 Å². The molecule has 1 fully saturated rings. The molecular weight excluding hydrogens is 266 g/mol. The second kappa shape index (κ2) is 4.51. The predicted molar refractivity (Wildman–Crippen MR) is 57.8 cm³/mol. The number of aliphatic hydroxyl groups is 2. The fraction of sp³-hybridized carbons (Fsp3) is 0.600. The first kappa shape index (κ1) is 13.8. The Balaban J connectivity index is 2.51. The van der Waals surface area contributed by atoms with Crippen LogP contribution in [0.25, 0.3) is 0 Å². The summed E-state index contributed by atoms with van der Waals surface area (Å²) in [6.07, 6.45) is -4.10. The monoisotopic (exact) mass is 278 g/mol. The third-order valence-electron chi connectivity index (χ3n) is 3.07. The maximum Gasteiger partial charge on any atom is 0.330 e. The summed E-state index contributed by atoms with van der Waals surface area (Å²) in [5.74, 6) is -1.29. The minimum absolute atomic E-state index is 0.496. The van der Waals surface area contributed by atoms with Crippen LogP contribution < -0.4 is 11.2 Å². The van der Waals surface area contributed by atoms with E-state index >= 15 is 0 Å². The van der Waals surface area contributed by atoms with Gasteiger partial charge in [0.25, 0.3) is 5.56 Å². The summed E-state index contributed by atoms with van der Waals surface area (Å²) in [5, 5.41) is 18.6. The molecular formula is C10H12F2N2O5. The van der Waals surface area contributed by atoms with E-state index in [1.165, 1.54) is 0 Å². The Morgan fingerprint density at radius 1 is 1.58 bits per heavy atom. The zero-order valence-corrected chi connectivity index (χ0v) is 9.84. The molecule has 1 aromatic rings. The molecule has 4 atom stereocenters. The van der Waals surface area contributed by atoms with Gasteiger partial charge in [-0.2, -0.15) is 4.39 Å². The van der Waals surface area contributed by atoms with Gasteiger partial charge in [0.2, 0.25) is 5.82 Å². The molecule has 0 spiro atoms. The lowest BCUT2D eigenvalue weighted by Gasteiger charge is -2.24. The minimum Gasteiger partial charge on any atom is -0.394 e. The topological polar surface area (TPSA) is 105 Å². The number of hydrogen-bond donors (Lipinski definition) is 3. The van der Waals surface area contributed by atoms with E-state index in [0.717, 1.165) is 6.92 Å². The zero-order chi connectivity index (χ0) is 14.4. The van der Waals surface area contributed by atoms with Crippen LogP contribution in [0.4, 0.5) is 8.78 Å². The van der Waals surface area contributed by atoms with E-state index in [1.54, 1.807) is 4.98 Å². The number of alkyl halides is 1. The molecule has 2 rings (SSSR count). The summed E-state index contributed by atoms with van der Waals surface area (Å²) < 4.78 is 33.0. The van der Waals surface area contributed by atoms with Crippen LogP contribution >= 0.6 is 0 Å². The zero-order valence-electron chi connectivity index (χ0n) is 9.84. The maximum absolute atomic E-state index is 14.3. The summed E-state index contributed by atoms with van der Waals surface area (Å²) in [4.78, 5) is 24.1. The van der Waals surface area contributed by atoms with Crippen molar-refractivity contribution in [3.63, 3.8) is 0 Å². The maximum atomic E-state index is 14.3. The Bertz CT molecular complexity index is 596. The Labute approximate surface area is 105 Å². The molecule has 0 radical (unpaired) electrons. The summed E-state index contributed by atoms with van der Waals surface area (Å²) in [7, 11) is 0. The van der Waals surface area contributed by atoms with Gasteiger partial charge in [0, 0.05) is 0 Å². The van der Waals surface area contributed by atoms with Crippen LogP contribution in [0.3, 0.4) is 0 Å². The minimum atomic E-state index is -2.43. The lowest BCUT2D eigenvalue weighted by atomic mass is 9.98. The van der Waals surface area contributed by atoms with E-state index in [2.05, 4.69) is 0 Å². The molecule has 106 valence electrons. The Morgan fingerprint density at radius 2 is 2.21 bits per heavy atom. The highest BCUT2D eigenvalue weighted by atomic mass is 19.1. The number of halogens is 2. The fourth-order valence-corrected chi connectivity index (χ4v) is 2.00. The molecule has 2 heterocycles. The highest BCUT2D eigenvalue weighted by Crippen LogP contribution is 2.40. The van der Waals surface area contributed by atoms with E-state index in [0.29, 0.717) is 10.8 Å². The van der Waals surface area contributed by atoms with Gasteiger partial charge in [-0.25, -0.2) is 9.18 Å². The Hall–Kier alpha value is -1.58. The average Bonchev–Trinajstić information content (AvgIpc) is 2.56. The van der Waals surface area contributed by atoms with Crippen molar-refractivity contribution in [2.24, 2.45) is 0 Å². The first-order valence-corrected chi connectivity index (χ1v) is 5.43. The van der Waals surface area contributed by atoms with Crippen molar-refractivity contribution in [1.29, 1.82) is 0 Å². The Morgan fingerprint density at radius 3 is 2.74 bits per heavy atom. The number of aromatic amines is 1. The van der Waals surface area contributed by atoms with Crippen LogP contribution in [0.1, 0.15) is 13.2 Å².